The smallest absolute Gasteiger partial charge is 0.306 e. The van der Waals surface area contributed by atoms with Crippen molar-refractivity contribution < 1.29 is 28.6 Å². The second kappa shape index (κ2) is 53.0. The highest BCUT2D eigenvalue weighted by Crippen LogP contribution is 2.16. The van der Waals surface area contributed by atoms with Gasteiger partial charge >= 0.3 is 17.9 Å². The third-order valence-corrected chi connectivity index (χ3v) is 12.1. The van der Waals surface area contributed by atoms with E-state index in [1.807, 2.05) is 0 Å². The van der Waals surface area contributed by atoms with E-state index in [4.69, 9.17) is 14.2 Å². The fraction of sp³-hybridized carbons (Fsp3) is 0.810. The van der Waals surface area contributed by atoms with E-state index in [2.05, 4.69) is 69.4 Å². The van der Waals surface area contributed by atoms with E-state index < -0.39 is 6.10 Å². The largest absolute Gasteiger partial charge is 0.462 e. The summed E-state index contributed by atoms with van der Waals surface area (Å²) in [5, 5.41) is 0. The summed E-state index contributed by atoms with van der Waals surface area (Å²) in [7, 11) is 0. The highest BCUT2D eigenvalue weighted by molar-refractivity contribution is 5.71. The summed E-state index contributed by atoms with van der Waals surface area (Å²) < 4.78 is 16.8. The molecule has 0 saturated carbocycles. The summed E-state index contributed by atoms with van der Waals surface area (Å²) in [6.45, 7) is 6.53. The molecule has 1 unspecified atom stereocenters. The summed E-state index contributed by atoms with van der Waals surface area (Å²) in [5.41, 5.74) is 0. The molecule has 0 amide bonds. The van der Waals surface area contributed by atoms with Gasteiger partial charge in [-0.2, -0.15) is 0 Å². The van der Waals surface area contributed by atoms with Gasteiger partial charge in [0, 0.05) is 19.3 Å². The number of unbranched alkanes of at least 4 members (excludes halogenated alkanes) is 31. The van der Waals surface area contributed by atoms with E-state index >= 15 is 0 Å². The number of carbonyl (C=O) groups excluding carboxylic acids is 3. The number of esters is 3. The number of hydrogen-bond donors (Lipinski definition) is 0. The molecular formula is C58H104O6. The van der Waals surface area contributed by atoms with Gasteiger partial charge in [-0.3, -0.25) is 14.4 Å². The highest BCUT2D eigenvalue weighted by Gasteiger charge is 2.19. The third-order valence-electron chi connectivity index (χ3n) is 12.1. The predicted molar refractivity (Wildman–Crippen MR) is 275 cm³/mol. The third kappa shape index (κ3) is 50.4. The van der Waals surface area contributed by atoms with Crippen molar-refractivity contribution in [2.45, 2.75) is 290 Å². The molecule has 372 valence electrons. The molecule has 0 aliphatic rings. The van der Waals surface area contributed by atoms with Crippen LogP contribution in [-0.4, -0.2) is 37.2 Å². The second-order valence-electron chi connectivity index (χ2n) is 18.5. The van der Waals surface area contributed by atoms with Crippen LogP contribution in [0, 0.1) is 0 Å². The molecular weight excluding hydrogens is 793 g/mol. The molecule has 0 aliphatic carbocycles. The first kappa shape index (κ1) is 61.4. The van der Waals surface area contributed by atoms with Gasteiger partial charge in [0.25, 0.3) is 0 Å². The molecule has 0 N–H and O–H groups in total. The van der Waals surface area contributed by atoms with Gasteiger partial charge in [0.2, 0.25) is 0 Å². The first-order chi connectivity index (χ1) is 31.5. The lowest BCUT2D eigenvalue weighted by molar-refractivity contribution is -0.167. The summed E-state index contributed by atoms with van der Waals surface area (Å²) in [4.78, 5) is 38.0. The van der Waals surface area contributed by atoms with Crippen LogP contribution in [0.3, 0.4) is 0 Å². The minimum absolute atomic E-state index is 0.0738. The molecule has 0 fully saturated rings. The minimum Gasteiger partial charge on any atom is -0.462 e. The van der Waals surface area contributed by atoms with E-state index in [0.29, 0.717) is 19.3 Å². The Morgan fingerprint density at radius 3 is 0.953 bits per heavy atom. The van der Waals surface area contributed by atoms with Gasteiger partial charge in [-0.25, -0.2) is 0 Å². The monoisotopic (exact) mass is 897 g/mol. The molecule has 6 nitrogen and oxygen atoms in total. The normalized spacial score (nSPS) is 12.4. The maximum atomic E-state index is 12.8. The fourth-order valence-corrected chi connectivity index (χ4v) is 7.96. The van der Waals surface area contributed by atoms with Crippen molar-refractivity contribution in [3.05, 3.63) is 48.6 Å². The van der Waals surface area contributed by atoms with Crippen molar-refractivity contribution in [2.24, 2.45) is 0 Å². The Labute approximate surface area is 397 Å². The number of allylic oxidation sites excluding steroid dienone is 8. The van der Waals surface area contributed by atoms with E-state index in [1.54, 1.807) is 0 Å². The molecule has 0 aromatic heterocycles. The molecule has 64 heavy (non-hydrogen) atoms. The average Bonchev–Trinajstić information content (AvgIpc) is 3.29. The van der Waals surface area contributed by atoms with Gasteiger partial charge < -0.3 is 14.2 Å². The second-order valence-corrected chi connectivity index (χ2v) is 18.5. The lowest BCUT2D eigenvalue weighted by atomic mass is 10.0. The molecule has 6 heteroatoms. The maximum Gasteiger partial charge on any atom is 0.306 e. The van der Waals surface area contributed by atoms with Gasteiger partial charge in [-0.05, 0) is 57.8 Å². The van der Waals surface area contributed by atoms with E-state index in [-0.39, 0.29) is 31.1 Å². The molecule has 0 aromatic carbocycles. The molecule has 0 aliphatic heterocycles. The van der Waals surface area contributed by atoms with Gasteiger partial charge in [-0.15, -0.1) is 0 Å². The van der Waals surface area contributed by atoms with Crippen LogP contribution in [-0.2, 0) is 28.6 Å². The minimum atomic E-state index is -0.774. The topological polar surface area (TPSA) is 78.9 Å². The van der Waals surface area contributed by atoms with Crippen molar-refractivity contribution in [3.8, 4) is 0 Å². The Balaban J connectivity index is 4.32. The Morgan fingerprint density at radius 1 is 0.328 bits per heavy atom. The standard InChI is InChI=1S/C58H104O6/c1-4-7-10-13-16-19-22-24-26-28-29-31-32-34-36-39-42-45-48-51-57(60)63-54-55(53-62-56(59)50-47-44-41-38-21-18-15-12-9-6-3)64-58(61)52-49-46-43-40-37-35-33-30-27-25-23-20-17-14-11-8-5-2/h7,10,16,19,24,26,29,31,55H,4-6,8-9,11-15,17-18,20-23,25,27-28,30,32-54H2,1-3H3/b10-7-,19-16-,26-24-,31-29-. The van der Waals surface area contributed by atoms with Crippen LogP contribution >= 0.6 is 0 Å². The highest BCUT2D eigenvalue weighted by atomic mass is 16.6. The Hall–Kier alpha value is -2.63. The summed E-state index contributed by atoms with van der Waals surface area (Å²) in [6, 6.07) is 0. The van der Waals surface area contributed by atoms with Crippen LogP contribution in [0.4, 0.5) is 0 Å². The van der Waals surface area contributed by atoms with Gasteiger partial charge in [0.1, 0.15) is 13.2 Å². The van der Waals surface area contributed by atoms with E-state index in [0.717, 1.165) is 89.9 Å². The van der Waals surface area contributed by atoms with Crippen molar-refractivity contribution >= 4 is 17.9 Å². The van der Waals surface area contributed by atoms with Gasteiger partial charge in [0.15, 0.2) is 6.10 Å². The number of hydrogen-bond acceptors (Lipinski definition) is 6. The van der Waals surface area contributed by atoms with Crippen LogP contribution in [0.2, 0.25) is 0 Å². The van der Waals surface area contributed by atoms with Crippen LogP contribution in [0.1, 0.15) is 284 Å². The SMILES string of the molecule is CC/C=C\C/C=C\C/C=C\C/C=C\CCCCCCCCC(=O)OCC(COC(=O)CCCCCCCCCCCC)OC(=O)CCCCCCCCCCCCCCCCCCC. The maximum absolute atomic E-state index is 12.8. The van der Waals surface area contributed by atoms with Crippen molar-refractivity contribution in [1.29, 1.82) is 0 Å². The summed E-state index contributed by atoms with van der Waals surface area (Å²) in [6.07, 6.45) is 63.8. The molecule has 0 spiro atoms. The number of carbonyl (C=O) groups is 3. The molecule has 0 saturated heterocycles. The number of ether oxygens (including phenoxy) is 3. The summed E-state index contributed by atoms with van der Waals surface area (Å²) >= 11 is 0. The quantitative estimate of drug-likeness (QED) is 0.0262. The molecule has 0 radical (unpaired) electrons. The lowest BCUT2D eigenvalue weighted by Gasteiger charge is -2.18. The van der Waals surface area contributed by atoms with Crippen LogP contribution < -0.4 is 0 Å². The van der Waals surface area contributed by atoms with Crippen molar-refractivity contribution in [1.82, 2.24) is 0 Å². The Kier molecular flexibility index (Phi) is 50.8. The Morgan fingerprint density at radius 2 is 0.609 bits per heavy atom. The average molecular weight is 897 g/mol. The fourth-order valence-electron chi connectivity index (χ4n) is 7.96. The first-order valence-corrected chi connectivity index (χ1v) is 27.6. The Bertz CT molecular complexity index is 1120. The van der Waals surface area contributed by atoms with E-state index in [9.17, 15) is 14.4 Å². The summed E-state index contributed by atoms with van der Waals surface area (Å²) in [5.74, 6) is -0.876. The lowest BCUT2D eigenvalue weighted by Crippen LogP contribution is -2.30. The van der Waals surface area contributed by atoms with Gasteiger partial charge in [0.05, 0.1) is 0 Å². The van der Waals surface area contributed by atoms with Gasteiger partial charge in [-0.1, -0.05) is 256 Å². The van der Waals surface area contributed by atoms with E-state index in [1.165, 1.54) is 154 Å². The zero-order valence-electron chi connectivity index (χ0n) is 42.6. The van der Waals surface area contributed by atoms with Crippen LogP contribution in [0.25, 0.3) is 0 Å². The van der Waals surface area contributed by atoms with Crippen molar-refractivity contribution in [3.63, 3.8) is 0 Å². The molecule has 0 heterocycles. The molecule has 0 rings (SSSR count). The molecule has 0 bridgehead atoms. The van der Waals surface area contributed by atoms with Crippen LogP contribution in [0.15, 0.2) is 48.6 Å². The number of rotatable bonds is 50. The predicted octanol–water partition coefficient (Wildman–Crippen LogP) is 18.3. The zero-order valence-corrected chi connectivity index (χ0v) is 42.6. The molecule has 1 atom stereocenters. The van der Waals surface area contributed by atoms with Crippen LogP contribution in [0.5, 0.6) is 0 Å². The first-order valence-electron chi connectivity index (χ1n) is 27.6. The zero-order chi connectivity index (χ0) is 46.5. The van der Waals surface area contributed by atoms with Crippen molar-refractivity contribution in [2.75, 3.05) is 13.2 Å². The molecule has 0 aromatic rings.